The molecule has 1 N–H and O–H groups in total. The van der Waals surface area contributed by atoms with Crippen molar-refractivity contribution in [3.63, 3.8) is 0 Å². The molecule has 1 aliphatic heterocycles. The van der Waals surface area contributed by atoms with Gasteiger partial charge < -0.3 is 14.9 Å². The van der Waals surface area contributed by atoms with Crippen LogP contribution in [-0.2, 0) is 4.79 Å². The topological polar surface area (TPSA) is 60.9 Å². The molecule has 0 aliphatic carbocycles. The third-order valence-corrected chi connectivity index (χ3v) is 4.92. The molecule has 0 spiro atoms. The highest BCUT2D eigenvalue weighted by Gasteiger charge is 2.29. The van der Waals surface area contributed by atoms with Crippen LogP contribution in [0.4, 0.5) is 4.79 Å². The quantitative estimate of drug-likeness (QED) is 0.867. The van der Waals surface area contributed by atoms with Gasteiger partial charge >= 0.3 is 12.0 Å². The van der Waals surface area contributed by atoms with Crippen LogP contribution in [0.1, 0.15) is 40.5 Å². The molecular weight excluding hydrogens is 276 g/mol. The van der Waals surface area contributed by atoms with Crippen LogP contribution in [0.25, 0.3) is 0 Å². The molecule has 0 radical (unpaired) electrons. The first-order chi connectivity index (χ1) is 9.23. The SMILES string of the molecule is CC(C)N(CCC(=O)O)C(=O)N1CCSC(C)(C)CC1. The second kappa shape index (κ2) is 7.20. The first-order valence-corrected chi connectivity index (χ1v) is 8.13. The predicted molar refractivity (Wildman–Crippen MR) is 82.2 cm³/mol. The fourth-order valence-corrected chi connectivity index (χ4v) is 3.28. The number of hydrogen-bond donors (Lipinski definition) is 1. The second-order valence-corrected chi connectivity index (χ2v) is 7.86. The third-order valence-electron chi connectivity index (χ3n) is 3.54. The van der Waals surface area contributed by atoms with E-state index in [2.05, 4.69) is 13.8 Å². The van der Waals surface area contributed by atoms with E-state index in [0.717, 1.165) is 25.3 Å². The summed E-state index contributed by atoms with van der Waals surface area (Å²) in [6, 6.07) is -0.00897. The average molecular weight is 302 g/mol. The summed E-state index contributed by atoms with van der Waals surface area (Å²) in [5.74, 6) is 0.0693. The highest BCUT2D eigenvalue weighted by Crippen LogP contribution is 2.31. The Morgan fingerprint density at radius 3 is 2.55 bits per heavy atom. The van der Waals surface area contributed by atoms with Gasteiger partial charge in [-0.3, -0.25) is 4.79 Å². The highest BCUT2D eigenvalue weighted by molar-refractivity contribution is 8.00. The molecule has 5 nitrogen and oxygen atoms in total. The zero-order valence-corrected chi connectivity index (χ0v) is 13.7. The Hall–Kier alpha value is -0.910. The molecule has 116 valence electrons. The minimum Gasteiger partial charge on any atom is -0.481 e. The van der Waals surface area contributed by atoms with E-state index in [9.17, 15) is 9.59 Å². The molecule has 20 heavy (non-hydrogen) atoms. The zero-order chi connectivity index (χ0) is 15.3. The molecule has 0 aromatic carbocycles. The van der Waals surface area contributed by atoms with Crippen molar-refractivity contribution in [1.82, 2.24) is 9.80 Å². The van der Waals surface area contributed by atoms with Crippen molar-refractivity contribution in [2.45, 2.75) is 51.3 Å². The summed E-state index contributed by atoms with van der Waals surface area (Å²) >= 11 is 1.89. The monoisotopic (exact) mass is 302 g/mol. The lowest BCUT2D eigenvalue weighted by atomic mass is 10.1. The van der Waals surface area contributed by atoms with Crippen LogP contribution < -0.4 is 0 Å². The maximum absolute atomic E-state index is 12.6. The normalized spacial score (nSPS) is 18.8. The third kappa shape index (κ3) is 5.23. The second-order valence-electron chi connectivity index (χ2n) is 6.06. The van der Waals surface area contributed by atoms with Crippen molar-refractivity contribution in [2.75, 3.05) is 25.4 Å². The minimum absolute atomic E-state index is 0.00198. The molecule has 0 atom stereocenters. The van der Waals surface area contributed by atoms with Crippen LogP contribution in [0, 0.1) is 0 Å². The van der Waals surface area contributed by atoms with E-state index in [4.69, 9.17) is 5.11 Å². The smallest absolute Gasteiger partial charge is 0.320 e. The number of rotatable bonds is 4. The lowest BCUT2D eigenvalue weighted by Crippen LogP contribution is -2.48. The molecule has 1 heterocycles. The number of carboxylic acids is 1. The van der Waals surface area contributed by atoms with Gasteiger partial charge in [-0.25, -0.2) is 4.79 Å². The molecule has 1 saturated heterocycles. The maximum atomic E-state index is 12.6. The van der Waals surface area contributed by atoms with Crippen LogP contribution in [0.2, 0.25) is 0 Å². The van der Waals surface area contributed by atoms with Crippen molar-refractivity contribution < 1.29 is 14.7 Å². The number of carbonyl (C=O) groups is 2. The number of amides is 2. The molecule has 1 rings (SSSR count). The van der Waals surface area contributed by atoms with E-state index in [0.29, 0.717) is 0 Å². The Morgan fingerprint density at radius 2 is 2.00 bits per heavy atom. The summed E-state index contributed by atoms with van der Waals surface area (Å²) in [6.07, 6.45) is 0.965. The molecule has 0 saturated carbocycles. The first kappa shape index (κ1) is 17.1. The number of aliphatic carboxylic acids is 1. The van der Waals surface area contributed by atoms with Gasteiger partial charge in [0.1, 0.15) is 0 Å². The zero-order valence-electron chi connectivity index (χ0n) is 12.9. The molecule has 0 bridgehead atoms. The molecule has 0 aromatic heterocycles. The summed E-state index contributed by atoms with van der Waals surface area (Å²) in [6.45, 7) is 10.0. The van der Waals surface area contributed by atoms with Gasteiger partial charge in [-0.15, -0.1) is 0 Å². The lowest BCUT2D eigenvalue weighted by molar-refractivity contribution is -0.137. The molecule has 1 aliphatic rings. The van der Waals surface area contributed by atoms with Gasteiger partial charge in [-0.1, -0.05) is 13.8 Å². The Morgan fingerprint density at radius 1 is 1.35 bits per heavy atom. The number of urea groups is 1. The van der Waals surface area contributed by atoms with Crippen molar-refractivity contribution >= 4 is 23.8 Å². The summed E-state index contributed by atoms with van der Waals surface area (Å²) < 4.78 is 0.207. The molecule has 0 aromatic rings. The van der Waals surface area contributed by atoms with E-state index in [1.807, 2.05) is 30.5 Å². The summed E-state index contributed by atoms with van der Waals surface area (Å²) in [5.41, 5.74) is 0. The van der Waals surface area contributed by atoms with Crippen LogP contribution in [-0.4, -0.2) is 63.1 Å². The number of thioether (sulfide) groups is 1. The van der Waals surface area contributed by atoms with Gasteiger partial charge in [0.05, 0.1) is 6.42 Å². The van der Waals surface area contributed by atoms with Gasteiger partial charge in [0.2, 0.25) is 0 Å². The van der Waals surface area contributed by atoms with Crippen LogP contribution >= 0.6 is 11.8 Å². The van der Waals surface area contributed by atoms with Crippen LogP contribution in [0.15, 0.2) is 0 Å². The molecule has 2 amide bonds. The Bertz CT molecular complexity index is 358. The van der Waals surface area contributed by atoms with Crippen molar-refractivity contribution in [1.29, 1.82) is 0 Å². The summed E-state index contributed by atoms with van der Waals surface area (Å²) in [4.78, 5) is 26.8. The van der Waals surface area contributed by atoms with Gasteiger partial charge in [0.15, 0.2) is 0 Å². The average Bonchev–Trinajstić information content (AvgIpc) is 2.49. The number of hydrogen-bond acceptors (Lipinski definition) is 3. The standard InChI is InChI=1S/C14H26N2O3S/c1-11(2)16(7-5-12(17)18)13(19)15-8-6-14(3,4)20-10-9-15/h11H,5-10H2,1-4H3,(H,17,18). The number of nitrogens with zero attached hydrogens (tertiary/aromatic N) is 2. The number of carbonyl (C=O) groups excluding carboxylic acids is 1. The number of carboxylic acid groups (broad SMARTS) is 1. The van der Waals surface area contributed by atoms with E-state index in [-0.39, 0.29) is 29.8 Å². The van der Waals surface area contributed by atoms with E-state index < -0.39 is 5.97 Å². The lowest BCUT2D eigenvalue weighted by Gasteiger charge is -2.32. The van der Waals surface area contributed by atoms with Gasteiger partial charge in [0, 0.05) is 36.2 Å². The van der Waals surface area contributed by atoms with Gasteiger partial charge in [0.25, 0.3) is 0 Å². The van der Waals surface area contributed by atoms with E-state index >= 15 is 0 Å². The van der Waals surface area contributed by atoms with Crippen LogP contribution in [0.5, 0.6) is 0 Å². The summed E-state index contributed by atoms with van der Waals surface area (Å²) in [7, 11) is 0. The molecule has 6 heteroatoms. The molecular formula is C14H26N2O3S. The van der Waals surface area contributed by atoms with E-state index in [1.165, 1.54) is 0 Å². The van der Waals surface area contributed by atoms with Crippen molar-refractivity contribution in [2.24, 2.45) is 0 Å². The fourth-order valence-electron chi connectivity index (χ4n) is 2.18. The fraction of sp³-hybridized carbons (Fsp3) is 0.857. The maximum Gasteiger partial charge on any atom is 0.320 e. The molecule has 1 fully saturated rings. The predicted octanol–water partition coefficient (Wildman–Crippen LogP) is 2.51. The van der Waals surface area contributed by atoms with Gasteiger partial charge in [-0.2, -0.15) is 11.8 Å². The Kier molecular flexibility index (Phi) is 6.17. The minimum atomic E-state index is -0.865. The van der Waals surface area contributed by atoms with Crippen molar-refractivity contribution in [3.05, 3.63) is 0 Å². The Labute approximate surface area is 125 Å². The largest absolute Gasteiger partial charge is 0.481 e. The van der Waals surface area contributed by atoms with Crippen LogP contribution in [0.3, 0.4) is 0 Å². The molecule has 0 unspecified atom stereocenters. The van der Waals surface area contributed by atoms with Gasteiger partial charge in [-0.05, 0) is 20.3 Å². The summed E-state index contributed by atoms with van der Waals surface area (Å²) in [5, 5.41) is 8.79. The Balaban J connectivity index is 2.66. The van der Waals surface area contributed by atoms with Crippen molar-refractivity contribution in [3.8, 4) is 0 Å². The van der Waals surface area contributed by atoms with E-state index in [1.54, 1.807) is 4.90 Å². The first-order valence-electron chi connectivity index (χ1n) is 7.14. The highest BCUT2D eigenvalue weighted by atomic mass is 32.2.